The van der Waals surface area contributed by atoms with Crippen LogP contribution >= 0.6 is 22.9 Å². The number of rotatable bonds is 7. The fraction of sp³-hybridized carbons (Fsp3) is 0.381. The van der Waals surface area contributed by atoms with E-state index in [1.165, 1.54) is 11.3 Å². The maximum atomic E-state index is 13.4. The Kier molecular flexibility index (Phi) is 6.41. The molecule has 2 aromatic rings. The minimum absolute atomic E-state index is 0.0915. The molecule has 0 bridgehead atoms. The summed E-state index contributed by atoms with van der Waals surface area (Å²) in [4.78, 5) is 34.6. The van der Waals surface area contributed by atoms with Gasteiger partial charge >= 0.3 is 0 Å². The van der Waals surface area contributed by atoms with E-state index in [4.69, 9.17) is 11.6 Å². The van der Waals surface area contributed by atoms with Gasteiger partial charge in [0.15, 0.2) is 5.76 Å². The summed E-state index contributed by atoms with van der Waals surface area (Å²) in [6.45, 7) is 4.78. The van der Waals surface area contributed by atoms with Gasteiger partial charge in [-0.1, -0.05) is 23.7 Å². The number of aliphatic hydroxyl groups excluding tert-OH is 1. The molecule has 0 spiro atoms. The molecule has 1 amide bonds. The third-order valence-corrected chi connectivity index (χ3v) is 6.13. The smallest absolute Gasteiger partial charge is 0.290 e. The fourth-order valence-corrected chi connectivity index (χ4v) is 4.63. The normalized spacial score (nSPS) is 17.0. The Morgan fingerprint density at radius 3 is 2.66 bits per heavy atom. The number of benzene rings is 1. The summed E-state index contributed by atoms with van der Waals surface area (Å²) in [6, 6.07) is 6.38. The van der Waals surface area contributed by atoms with Gasteiger partial charge in [0.2, 0.25) is 5.78 Å². The predicted molar refractivity (Wildman–Crippen MR) is 115 cm³/mol. The van der Waals surface area contributed by atoms with Crippen molar-refractivity contribution in [3.8, 4) is 0 Å². The van der Waals surface area contributed by atoms with E-state index in [0.29, 0.717) is 34.1 Å². The molecule has 0 unspecified atom stereocenters. The molecule has 0 saturated carbocycles. The molecule has 1 aliphatic heterocycles. The van der Waals surface area contributed by atoms with Crippen LogP contribution in [0.5, 0.6) is 0 Å². The average Bonchev–Trinajstić information content (AvgIpc) is 3.11. The number of hydrogen-bond acceptors (Lipinski definition) is 6. The number of aryl methyl sites for hydroxylation is 2. The maximum absolute atomic E-state index is 13.4. The monoisotopic (exact) mass is 433 g/mol. The zero-order valence-corrected chi connectivity index (χ0v) is 18.5. The van der Waals surface area contributed by atoms with Gasteiger partial charge in [-0.3, -0.25) is 9.59 Å². The van der Waals surface area contributed by atoms with E-state index >= 15 is 0 Å². The lowest BCUT2D eigenvalue weighted by atomic mass is 9.95. The molecule has 3 rings (SSSR count). The number of Topliss-reactive ketones (excluding diaryl/α,β-unsaturated/α-hetero) is 1. The van der Waals surface area contributed by atoms with Crippen molar-refractivity contribution >= 4 is 34.6 Å². The molecule has 6 nitrogen and oxygen atoms in total. The zero-order valence-electron chi connectivity index (χ0n) is 16.9. The molecule has 2 heterocycles. The quantitative estimate of drug-likeness (QED) is 0.669. The molecule has 1 aromatic carbocycles. The van der Waals surface area contributed by atoms with Crippen molar-refractivity contribution in [1.82, 2.24) is 14.8 Å². The van der Waals surface area contributed by atoms with Crippen LogP contribution in [-0.4, -0.2) is 58.8 Å². The molecule has 0 radical (unpaired) electrons. The van der Waals surface area contributed by atoms with Crippen molar-refractivity contribution in [2.24, 2.45) is 0 Å². The van der Waals surface area contributed by atoms with Crippen molar-refractivity contribution in [3.05, 3.63) is 61.8 Å². The fourth-order valence-electron chi connectivity index (χ4n) is 3.56. The third-order valence-electron chi connectivity index (χ3n) is 4.83. The highest BCUT2D eigenvalue weighted by molar-refractivity contribution is 7.14. The van der Waals surface area contributed by atoms with E-state index in [0.717, 1.165) is 11.6 Å². The number of ketones is 1. The molecule has 1 aliphatic rings. The highest BCUT2D eigenvalue weighted by Gasteiger charge is 2.44. The van der Waals surface area contributed by atoms with Crippen LogP contribution in [0.2, 0.25) is 5.02 Å². The van der Waals surface area contributed by atoms with Crippen LogP contribution in [0.3, 0.4) is 0 Å². The minimum atomic E-state index is -0.683. The standard InChI is InChI=1S/C21H24ClN3O3S/c1-12-20(29-13(2)23-12)18(26)16-17(14-7-5-8-15(22)11-14)25(21(28)19(16)27)10-6-9-24(3)4/h5,7-8,11,17,27H,6,9-10H2,1-4H3/t17-/m0/s1. The van der Waals surface area contributed by atoms with Crippen LogP contribution in [0, 0.1) is 13.8 Å². The number of carbonyl (C=O) groups is 2. The average molecular weight is 434 g/mol. The van der Waals surface area contributed by atoms with Crippen molar-refractivity contribution in [1.29, 1.82) is 0 Å². The summed E-state index contributed by atoms with van der Waals surface area (Å²) in [5.41, 5.74) is 1.39. The van der Waals surface area contributed by atoms with E-state index in [1.807, 2.05) is 32.0 Å². The SMILES string of the molecule is Cc1nc(C)c(C(=O)C2=C(O)C(=O)N(CCCN(C)C)[C@H]2c2cccc(Cl)c2)s1. The predicted octanol–water partition coefficient (Wildman–Crippen LogP) is 3.94. The summed E-state index contributed by atoms with van der Waals surface area (Å²) in [6.07, 6.45) is 0.712. The van der Waals surface area contributed by atoms with Crippen LogP contribution in [0.25, 0.3) is 0 Å². The lowest BCUT2D eigenvalue weighted by Crippen LogP contribution is -2.33. The van der Waals surface area contributed by atoms with Crippen LogP contribution in [0.1, 0.15) is 38.4 Å². The maximum Gasteiger partial charge on any atom is 0.290 e. The second kappa shape index (κ2) is 8.65. The molecule has 1 atom stereocenters. The first-order chi connectivity index (χ1) is 13.7. The van der Waals surface area contributed by atoms with Crippen LogP contribution in [0.4, 0.5) is 0 Å². The van der Waals surface area contributed by atoms with Crippen LogP contribution in [0.15, 0.2) is 35.6 Å². The molecule has 1 aromatic heterocycles. The summed E-state index contributed by atoms with van der Waals surface area (Å²) in [5.74, 6) is -1.38. The number of nitrogens with zero attached hydrogens (tertiary/aromatic N) is 3. The van der Waals surface area contributed by atoms with E-state index in [-0.39, 0.29) is 11.4 Å². The van der Waals surface area contributed by atoms with Crippen LogP contribution < -0.4 is 0 Å². The van der Waals surface area contributed by atoms with Crippen LogP contribution in [-0.2, 0) is 4.79 Å². The Morgan fingerprint density at radius 2 is 2.07 bits per heavy atom. The zero-order chi connectivity index (χ0) is 21.3. The Morgan fingerprint density at radius 1 is 1.34 bits per heavy atom. The summed E-state index contributed by atoms with van der Waals surface area (Å²) < 4.78 is 0. The van der Waals surface area contributed by atoms with Gasteiger partial charge in [-0.25, -0.2) is 4.98 Å². The lowest BCUT2D eigenvalue weighted by Gasteiger charge is -2.27. The van der Waals surface area contributed by atoms with Gasteiger partial charge in [-0.05, 0) is 58.6 Å². The molecule has 8 heteroatoms. The van der Waals surface area contributed by atoms with Crippen molar-refractivity contribution < 1.29 is 14.7 Å². The highest BCUT2D eigenvalue weighted by Crippen LogP contribution is 2.40. The molecule has 0 aliphatic carbocycles. The third kappa shape index (κ3) is 4.37. The Bertz CT molecular complexity index is 983. The first-order valence-corrected chi connectivity index (χ1v) is 10.5. The van der Waals surface area contributed by atoms with Gasteiger partial charge in [0.1, 0.15) is 0 Å². The number of hydrogen-bond donors (Lipinski definition) is 1. The van der Waals surface area contributed by atoms with Crippen molar-refractivity contribution in [2.75, 3.05) is 27.2 Å². The molecular formula is C21H24ClN3O3S. The minimum Gasteiger partial charge on any atom is -0.503 e. The molecule has 0 saturated heterocycles. The number of carbonyl (C=O) groups excluding carboxylic acids is 2. The summed E-state index contributed by atoms with van der Waals surface area (Å²) in [7, 11) is 3.92. The summed E-state index contributed by atoms with van der Waals surface area (Å²) in [5, 5.41) is 11.9. The largest absolute Gasteiger partial charge is 0.503 e. The van der Waals surface area contributed by atoms with Gasteiger partial charge in [0.05, 0.1) is 27.2 Å². The second-order valence-electron chi connectivity index (χ2n) is 7.35. The van der Waals surface area contributed by atoms with Crippen molar-refractivity contribution in [3.63, 3.8) is 0 Å². The number of aromatic nitrogens is 1. The van der Waals surface area contributed by atoms with Gasteiger partial charge in [-0.2, -0.15) is 0 Å². The van der Waals surface area contributed by atoms with Gasteiger partial charge in [-0.15, -0.1) is 11.3 Å². The molecule has 0 fully saturated rings. The number of halogens is 1. The Hall–Kier alpha value is -2.22. The van der Waals surface area contributed by atoms with Gasteiger partial charge in [0, 0.05) is 11.6 Å². The first-order valence-electron chi connectivity index (χ1n) is 9.33. The number of aliphatic hydroxyl groups is 1. The molecule has 1 N–H and O–H groups in total. The molecular weight excluding hydrogens is 410 g/mol. The highest BCUT2D eigenvalue weighted by atomic mass is 35.5. The number of amides is 1. The van der Waals surface area contributed by atoms with E-state index in [9.17, 15) is 14.7 Å². The topological polar surface area (TPSA) is 73.7 Å². The summed E-state index contributed by atoms with van der Waals surface area (Å²) >= 11 is 7.45. The van der Waals surface area contributed by atoms with Gasteiger partial charge in [0.25, 0.3) is 5.91 Å². The van der Waals surface area contributed by atoms with E-state index in [2.05, 4.69) is 4.98 Å². The van der Waals surface area contributed by atoms with E-state index in [1.54, 1.807) is 30.0 Å². The second-order valence-corrected chi connectivity index (χ2v) is 8.99. The molecule has 29 heavy (non-hydrogen) atoms. The first kappa shape index (κ1) is 21.5. The van der Waals surface area contributed by atoms with Gasteiger partial charge < -0.3 is 14.9 Å². The number of thiazole rings is 1. The Labute approximate surface area is 179 Å². The van der Waals surface area contributed by atoms with E-state index < -0.39 is 17.7 Å². The Balaban J connectivity index is 2.05. The van der Waals surface area contributed by atoms with Crippen molar-refractivity contribution in [2.45, 2.75) is 26.3 Å². The lowest BCUT2D eigenvalue weighted by molar-refractivity contribution is -0.129. The molecule has 154 valence electrons.